The largest absolute Gasteiger partial charge is 1.00 e. The monoisotopic (exact) mass is 744 g/mol. The zero-order valence-corrected chi connectivity index (χ0v) is 30.4. The van der Waals surface area contributed by atoms with E-state index in [1.807, 2.05) is 73.3 Å². The molecular formula is C38H33N4NaO5S3. The standard InChI is InChI=1S/C21H14N2O3S2.C15H10N2OS.2CH4.Na.H2O/c1-2-5-17(6-3-1)28-26-25-23-13-19(15-8-9-24-14-15)18-11-16(12-22-21(18)23)20-7-4-10-27-20;1-2-14(19-5-1)11-6-12-13(10-3-4-18-9-10)8-17-15(12)16-7-11;;;;/h1-14H;1-9H,(H,16,17);2*1H4;;1H2/q;;;;+1;/p-1. The number of hydrogen-bond donors (Lipinski definition) is 1. The van der Waals surface area contributed by atoms with Crippen molar-refractivity contribution in [2.75, 3.05) is 0 Å². The predicted octanol–water partition coefficient (Wildman–Crippen LogP) is 8.74. The van der Waals surface area contributed by atoms with E-state index in [4.69, 9.17) is 18.2 Å². The molecule has 254 valence electrons. The molecule has 0 aliphatic rings. The van der Waals surface area contributed by atoms with Crippen molar-refractivity contribution in [1.82, 2.24) is 19.7 Å². The average molecular weight is 745 g/mol. The van der Waals surface area contributed by atoms with Crippen LogP contribution in [0.5, 0.6) is 0 Å². The van der Waals surface area contributed by atoms with E-state index in [9.17, 15) is 0 Å². The van der Waals surface area contributed by atoms with E-state index in [2.05, 4.69) is 56.0 Å². The molecule has 9 rings (SSSR count). The molecule has 8 aromatic heterocycles. The summed E-state index contributed by atoms with van der Waals surface area (Å²) in [7, 11) is 0. The van der Waals surface area contributed by atoms with Crippen molar-refractivity contribution >= 4 is 56.8 Å². The van der Waals surface area contributed by atoms with E-state index in [-0.39, 0.29) is 49.9 Å². The minimum Gasteiger partial charge on any atom is -0.870 e. The molecule has 0 spiro atoms. The maximum absolute atomic E-state index is 5.52. The van der Waals surface area contributed by atoms with Crippen LogP contribution in [-0.2, 0) is 4.33 Å². The molecule has 8 heterocycles. The minimum absolute atomic E-state index is 0. The number of thiophene rings is 2. The van der Waals surface area contributed by atoms with Gasteiger partial charge in [0.05, 0.1) is 43.3 Å². The summed E-state index contributed by atoms with van der Waals surface area (Å²) >= 11 is 4.55. The van der Waals surface area contributed by atoms with Gasteiger partial charge in [-0.1, -0.05) is 49.5 Å². The summed E-state index contributed by atoms with van der Waals surface area (Å²) in [4.78, 5) is 21.2. The van der Waals surface area contributed by atoms with Gasteiger partial charge in [0, 0.05) is 77.4 Å². The topological polar surface area (TPSA) is 121 Å². The normalized spacial score (nSPS) is 10.3. The Morgan fingerprint density at radius 2 is 1.33 bits per heavy atom. The van der Waals surface area contributed by atoms with Gasteiger partial charge in [0.1, 0.15) is 5.65 Å². The van der Waals surface area contributed by atoms with Crippen LogP contribution in [0.1, 0.15) is 14.9 Å². The van der Waals surface area contributed by atoms with Gasteiger partial charge < -0.3 is 19.3 Å². The summed E-state index contributed by atoms with van der Waals surface area (Å²) < 4.78 is 17.3. The fraction of sp³-hybridized carbons (Fsp3) is 0.0526. The van der Waals surface area contributed by atoms with Gasteiger partial charge in [0.15, 0.2) is 5.65 Å². The van der Waals surface area contributed by atoms with Crippen LogP contribution in [0, 0.1) is 0 Å². The number of nitrogens with zero attached hydrogens (tertiary/aromatic N) is 3. The van der Waals surface area contributed by atoms with Crippen molar-refractivity contribution in [3.05, 3.63) is 139 Å². The number of hydrogen-bond acceptors (Lipinski definition) is 10. The van der Waals surface area contributed by atoms with Crippen LogP contribution < -0.4 is 34.5 Å². The fourth-order valence-corrected chi connectivity index (χ4v) is 7.02. The molecule has 0 unspecified atom stereocenters. The number of pyridine rings is 2. The molecule has 0 bridgehead atoms. The van der Waals surface area contributed by atoms with Gasteiger partial charge in [-0.25, -0.2) is 15.0 Å². The molecule has 1 aromatic carbocycles. The van der Waals surface area contributed by atoms with E-state index < -0.39 is 0 Å². The molecule has 0 saturated carbocycles. The molecular weight excluding hydrogens is 712 g/mol. The summed E-state index contributed by atoms with van der Waals surface area (Å²) in [5.41, 5.74) is 7.88. The quantitative estimate of drug-likeness (QED) is 0.0710. The first-order chi connectivity index (χ1) is 23.3. The summed E-state index contributed by atoms with van der Waals surface area (Å²) in [5, 5.41) is 6.21. The number of fused-ring (bicyclic) bond motifs is 2. The minimum atomic E-state index is 0. The summed E-state index contributed by atoms with van der Waals surface area (Å²) in [6.07, 6.45) is 14.4. The molecule has 2 N–H and O–H groups in total. The van der Waals surface area contributed by atoms with Gasteiger partial charge in [-0.05, 0) is 59.3 Å². The van der Waals surface area contributed by atoms with Crippen molar-refractivity contribution in [1.29, 1.82) is 0 Å². The van der Waals surface area contributed by atoms with E-state index in [0.29, 0.717) is 5.65 Å². The molecule has 51 heavy (non-hydrogen) atoms. The number of aromatic amines is 1. The van der Waals surface area contributed by atoms with E-state index in [1.54, 1.807) is 47.7 Å². The second-order valence-corrected chi connectivity index (χ2v) is 13.0. The van der Waals surface area contributed by atoms with Gasteiger partial charge in [-0.2, -0.15) is 0 Å². The van der Waals surface area contributed by atoms with Crippen molar-refractivity contribution < 1.29 is 53.2 Å². The molecule has 9 aromatic rings. The predicted molar refractivity (Wildman–Crippen MR) is 203 cm³/mol. The number of benzene rings is 1. The summed E-state index contributed by atoms with van der Waals surface area (Å²) in [6.45, 7) is 0. The van der Waals surface area contributed by atoms with Crippen molar-refractivity contribution in [2.45, 2.75) is 19.7 Å². The van der Waals surface area contributed by atoms with Gasteiger partial charge in [0.2, 0.25) is 0 Å². The molecule has 0 saturated heterocycles. The molecule has 0 aliphatic heterocycles. The number of furan rings is 2. The van der Waals surface area contributed by atoms with Crippen molar-refractivity contribution in [3.8, 4) is 43.1 Å². The van der Waals surface area contributed by atoms with E-state index in [0.717, 1.165) is 71.6 Å². The van der Waals surface area contributed by atoms with E-state index >= 15 is 0 Å². The van der Waals surface area contributed by atoms with Crippen LogP contribution in [0.15, 0.2) is 153 Å². The second kappa shape index (κ2) is 18.2. The van der Waals surface area contributed by atoms with Gasteiger partial charge in [-0.3, -0.25) is 0 Å². The van der Waals surface area contributed by atoms with Crippen molar-refractivity contribution in [2.24, 2.45) is 0 Å². The van der Waals surface area contributed by atoms with Crippen LogP contribution >= 0.6 is 34.7 Å². The Hall–Kier alpha value is -4.37. The molecule has 13 heteroatoms. The molecule has 0 radical (unpaired) electrons. The van der Waals surface area contributed by atoms with Crippen LogP contribution in [-0.4, -0.2) is 25.2 Å². The SMILES string of the molecule is C.C.[Na+].[OH-].c1ccc(SOOn2cc(-c3ccoc3)c3cc(-c4cccs4)cnc32)cc1.c1csc(-c2cnc3[nH]cc(-c4ccoc4)c3c2)c1. The molecule has 9 nitrogen and oxygen atoms in total. The summed E-state index contributed by atoms with van der Waals surface area (Å²) in [5.74, 6) is 0. The number of H-pyrrole nitrogens is 1. The molecule has 0 fully saturated rings. The Morgan fingerprint density at radius 1 is 0.706 bits per heavy atom. The number of aromatic nitrogens is 4. The third-order valence-electron chi connectivity index (χ3n) is 7.40. The first-order valence-electron chi connectivity index (χ1n) is 14.5. The van der Waals surface area contributed by atoms with Gasteiger partial charge >= 0.3 is 29.6 Å². The van der Waals surface area contributed by atoms with Crippen LogP contribution in [0.3, 0.4) is 0 Å². The number of nitrogens with one attached hydrogen (secondary N) is 1. The Bertz CT molecular complexity index is 2340. The fourth-order valence-electron chi connectivity index (χ4n) is 5.16. The average Bonchev–Trinajstić information content (AvgIpc) is 3.95. The zero-order chi connectivity index (χ0) is 31.4. The Morgan fingerprint density at radius 3 is 1.94 bits per heavy atom. The summed E-state index contributed by atoms with van der Waals surface area (Å²) in [6, 6.07) is 26.2. The first kappa shape index (κ1) is 39.4. The first-order valence-corrected chi connectivity index (χ1v) is 17.0. The van der Waals surface area contributed by atoms with Crippen LogP contribution in [0.25, 0.3) is 65.2 Å². The second-order valence-electron chi connectivity index (χ2n) is 10.3. The number of rotatable bonds is 8. The third-order valence-corrected chi connectivity index (χ3v) is 9.83. The molecule has 0 amide bonds. The third kappa shape index (κ3) is 8.58. The van der Waals surface area contributed by atoms with Gasteiger partial charge in [-0.15, -0.1) is 27.4 Å². The van der Waals surface area contributed by atoms with Gasteiger partial charge in [0.25, 0.3) is 0 Å². The Balaban J connectivity index is 0.000000225. The molecule has 0 atom stereocenters. The Labute approximate surface area is 329 Å². The van der Waals surface area contributed by atoms with Crippen molar-refractivity contribution in [3.63, 3.8) is 0 Å². The molecule has 0 aliphatic carbocycles. The van der Waals surface area contributed by atoms with E-state index in [1.165, 1.54) is 9.61 Å². The van der Waals surface area contributed by atoms with Crippen LogP contribution in [0.4, 0.5) is 0 Å². The maximum Gasteiger partial charge on any atom is 1.00 e. The van der Waals surface area contributed by atoms with Crippen LogP contribution in [0.2, 0.25) is 0 Å². The zero-order valence-electron chi connectivity index (χ0n) is 25.9. The maximum atomic E-state index is 5.52. The Kier molecular flexibility index (Phi) is 14.1. The smallest absolute Gasteiger partial charge is 0.870 e.